The third kappa shape index (κ3) is 3.59. The van der Waals surface area contributed by atoms with Crippen LogP contribution in [0.15, 0.2) is 21.5 Å². The first-order valence-corrected chi connectivity index (χ1v) is 5.68. The minimum Gasteiger partial charge on any atom is -0.502 e. The molecule has 0 aromatic carbocycles. The number of ether oxygens (including phenoxy) is 1. The molecule has 3 N–H and O–H groups in total. The Morgan fingerprint density at radius 1 is 1.61 bits per heavy atom. The monoisotopic (exact) mass is 255 g/mol. The molecule has 0 saturated heterocycles. The largest absolute Gasteiger partial charge is 0.502 e. The van der Waals surface area contributed by atoms with Gasteiger partial charge in [-0.2, -0.15) is 0 Å². The quantitative estimate of drug-likeness (QED) is 0.753. The highest BCUT2D eigenvalue weighted by Gasteiger charge is 2.21. The van der Waals surface area contributed by atoms with Gasteiger partial charge in [-0.3, -0.25) is 9.59 Å². The Bertz CT molecular complexity index is 468. The first-order chi connectivity index (χ1) is 8.45. The summed E-state index contributed by atoms with van der Waals surface area (Å²) in [5, 5.41) is 8.98. The number of carbonyl (C=O) groups excluding carboxylic acids is 1. The predicted molar refractivity (Wildman–Crippen MR) is 63.9 cm³/mol. The maximum atomic E-state index is 11.6. The molecule has 0 spiro atoms. The van der Waals surface area contributed by atoms with Crippen molar-refractivity contribution in [1.82, 2.24) is 0 Å². The first kappa shape index (κ1) is 14.2. The van der Waals surface area contributed by atoms with Crippen LogP contribution in [0.3, 0.4) is 0 Å². The van der Waals surface area contributed by atoms with Crippen molar-refractivity contribution < 1.29 is 19.1 Å². The van der Waals surface area contributed by atoms with E-state index in [0.717, 1.165) is 18.8 Å². The fourth-order valence-corrected chi connectivity index (χ4v) is 1.24. The zero-order chi connectivity index (χ0) is 13.7. The lowest BCUT2D eigenvalue weighted by Gasteiger charge is -2.16. The Morgan fingerprint density at radius 2 is 2.28 bits per heavy atom. The van der Waals surface area contributed by atoms with E-state index in [2.05, 4.69) is 0 Å². The molecule has 0 unspecified atom stereocenters. The van der Waals surface area contributed by atoms with Crippen LogP contribution in [0.2, 0.25) is 0 Å². The molecule has 0 amide bonds. The lowest BCUT2D eigenvalue weighted by Crippen LogP contribution is -2.37. The third-order valence-corrected chi connectivity index (χ3v) is 2.75. The first-order valence-electron chi connectivity index (χ1n) is 5.68. The van der Waals surface area contributed by atoms with E-state index < -0.39 is 23.2 Å². The molecule has 1 aromatic heterocycles. The van der Waals surface area contributed by atoms with Gasteiger partial charge in [0.2, 0.25) is 5.43 Å². The number of hydrogen-bond acceptors (Lipinski definition) is 6. The second-order valence-corrected chi connectivity index (χ2v) is 4.11. The van der Waals surface area contributed by atoms with Crippen molar-refractivity contribution in [3.63, 3.8) is 0 Å². The second-order valence-electron chi connectivity index (χ2n) is 4.11. The number of esters is 1. The van der Waals surface area contributed by atoms with Crippen molar-refractivity contribution in [1.29, 1.82) is 0 Å². The molecule has 1 rings (SSSR count). The molecule has 0 aliphatic carbocycles. The van der Waals surface area contributed by atoms with Crippen LogP contribution in [0.1, 0.15) is 26.0 Å². The molecule has 1 heterocycles. The average molecular weight is 255 g/mol. The Balaban J connectivity index is 2.57. The average Bonchev–Trinajstić information content (AvgIpc) is 2.37. The summed E-state index contributed by atoms with van der Waals surface area (Å²) in [6.07, 6.45) is 1.67. The summed E-state index contributed by atoms with van der Waals surface area (Å²) in [4.78, 5) is 22.6. The van der Waals surface area contributed by atoms with Gasteiger partial charge < -0.3 is 20.0 Å². The number of rotatable bonds is 5. The summed E-state index contributed by atoms with van der Waals surface area (Å²) in [6.45, 7) is 3.60. The van der Waals surface area contributed by atoms with E-state index in [4.69, 9.17) is 20.0 Å². The molecule has 1 aromatic rings. The topological polar surface area (TPSA) is 103 Å². The van der Waals surface area contributed by atoms with Gasteiger partial charge in [-0.05, 0) is 5.92 Å². The summed E-state index contributed by atoms with van der Waals surface area (Å²) in [7, 11) is 0. The zero-order valence-electron chi connectivity index (χ0n) is 10.4. The van der Waals surface area contributed by atoms with Crippen LogP contribution in [0.25, 0.3) is 0 Å². The molecule has 2 atom stereocenters. The van der Waals surface area contributed by atoms with Gasteiger partial charge in [-0.1, -0.05) is 20.3 Å². The summed E-state index contributed by atoms with van der Waals surface area (Å²) in [6, 6.07) is 0.371. The van der Waals surface area contributed by atoms with Crippen LogP contribution in [0.5, 0.6) is 5.75 Å². The lowest BCUT2D eigenvalue weighted by molar-refractivity contribution is -0.148. The molecule has 0 fully saturated rings. The van der Waals surface area contributed by atoms with E-state index in [1.807, 2.05) is 13.8 Å². The second kappa shape index (κ2) is 6.20. The number of nitrogens with two attached hydrogens (primary N) is 1. The Labute approximate surface area is 104 Å². The molecule has 18 heavy (non-hydrogen) atoms. The van der Waals surface area contributed by atoms with E-state index in [9.17, 15) is 9.59 Å². The van der Waals surface area contributed by atoms with Crippen LogP contribution in [-0.2, 0) is 16.1 Å². The van der Waals surface area contributed by atoms with Gasteiger partial charge in [0.05, 0.1) is 0 Å². The molecule has 0 aliphatic heterocycles. The fourth-order valence-electron chi connectivity index (χ4n) is 1.24. The van der Waals surface area contributed by atoms with Gasteiger partial charge in [0.15, 0.2) is 5.75 Å². The van der Waals surface area contributed by atoms with Gasteiger partial charge in [0.25, 0.3) is 0 Å². The van der Waals surface area contributed by atoms with Gasteiger partial charge >= 0.3 is 5.97 Å². The third-order valence-electron chi connectivity index (χ3n) is 2.75. The molecular formula is C12H17NO5. The highest BCUT2D eigenvalue weighted by atomic mass is 16.5. The van der Waals surface area contributed by atoms with Crippen LogP contribution >= 0.6 is 0 Å². The molecule has 0 saturated carbocycles. The van der Waals surface area contributed by atoms with Gasteiger partial charge in [0.1, 0.15) is 24.7 Å². The maximum absolute atomic E-state index is 11.6. The number of aromatic hydroxyl groups is 1. The summed E-state index contributed by atoms with van der Waals surface area (Å²) < 4.78 is 9.82. The van der Waals surface area contributed by atoms with Crippen LogP contribution in [-0.4, -0.2) is 17.1 Å². The van der Waals surface area contributed by atoms with Gasteiger partial charge in [-0.25, -0.2) is 0 Å². The van der Waals surface area contributed by atoms with Crippen molar-refractivity contribution in [2.45, 2.75) is 32.9 Å². The Morgan fingerprint density at radius 3 is 2.83 bits per heavy atom. The van der Waals surface area contributed by atoms with Crippen molar-refractivity contribution in [3.05, 3.63) is 28.3 Å². The van der Waals surface area contributed by atoms with Crippen LogP contribution < -0.4 is 11.2 Å². The standard InChI is InChI=1S/C12H17NO5/c1-3-7(2)11(13)12(16)18-5-8-4-9(14)10(15)6-17-8/h4,6-7,11,15H,3,5,13H2,1-2H3/t7-,11-/m0/s1. The normalized spacial score (nSPS) is 13.9. The molecule has 0 radical (unpaired) electrons. The van der Waals surface area contributed by atoms with E-state index in [-0.39, 0.29) is 18.3 Å². The van der Waals surface area contributed by atoms with Crippen LogP contribution in [0, 0.1) is 5.92 Å². The van der Waals surface area contributed by atoms with Gasteiger partial charge in [0, 0.05) is 6.07 Å². The zero-order valence-corrected chi connectivity index (χ0v) is 10.4. The molecule has 0 bridgehead atoms. The highest BCUT2D eigenvalue weighted by Crippen LogP contribution is 2.09. The fraction of sp³-hybridized carbons (Fsp3) is 0.500. The van der Waals surface area contributed by atoms with E-state index in [0.29, 0.717) is 0 Å². The summed E-state index contributed by atoms with van der Waals surface area (Å²) in [5.41, 5.74) is 5.10. The maximum Gasteiger partial charge on any atom is 0.323 e. The van der Waals surface area contributed by atoms with Crippen LogP contribution in [0.4, 0.5) is 0 Å². The highest BCUT2D eigenvalue weighted by molar-refractivity contribution is 5.75. The predicted octanol–water partition coefficient (Wildman–Crippen LogP) is 0.762. The van der Waals surface area contributed by atoms with Crippen molar-refractivity contribution >= 4 is 5.97 Å². The molecule has 100 valence electrons. The number of hydrogen-bond donors (Lipinski definition) is 2. The Kier molecular flexibility index (Phi) is 4.91. The van der Waals surface area contributed by atoms with Gasteiger partial charge in [-0.15, -0.1) is 0 Å². The van der Waals surface area contributed by atoms with Crippen molar-refractivity contribution in [2.24, 2.45) is 11.7 Å². The molecular weight excluding hydrogens is 238 g/mol. The SMILES string of the molecule is CC[C@H](C)[C@H](N)C(=O)OCc1cc(=O)c(O)co1. The molecule has 6 heteroatoms. The van der Waals surface area contributed by atoms with E-state index >= 15 is 0 Å². The minimum absolute atomic E-state index is 0.0179. The number of carbonyl (C=O) groups is 1. The summed E-state index contributed by atoms with van der Waals surface area (Å²) in [5.74, 6) is -0.853. The summed E-state index contributed by atoms with van der Waals surface area (Å²) >= 11 is 0. The Hall–Kier alpha value is -1.82. The minimum atomic E-state index is -0.696. The van der Waals surface area contributed by atoms with Crippen molar-refractivity contribution in [3.8, 4) is 5.75 Å². The molecule has 6 nitrogen and oxygen atoms in total. The smallest absolute Gasteiger partial charge is 0.323 e. The van der Waals surface area contributed by atoms with E-state index in [1.54, 1.807) is 0 Å². The van der Waals surface area contributed by atoms with E-state index in [1.165, 1.54) is 0 Å². The lowest BCUT2D eigenvalue weighted by atomic mass is 10.0. The molecule has 0 aliphatic rings. The van der Waals surface area contributed by atoms with Crippen molar-refractivity contribution in [2.75, 3.05) is 0 Å².